The minimum absolute atomic E-state index is 0.815. The van der Waals surface area contributed by atoms with Crippen LogP contribution < -0.4 is 9.64 Å². The number of fused-ring (bicyclic) bond motifs is 2. The average molecular weight is 307 g/mol. The van der Waals surface area contributed by atoms with E-state index in [-0.39, 0.29) is 0 Å². The van der Waals surface area contributed by atoms with Crippen LogP contribution in [0.15, 0.2) is 47.5 Å². The zero-order valence-corrected chi connectivity index (χ0v) is 13.4. The van der Waals surface area contributed by atoms with Gasteiger partial charge in [-0.2, -0.15) is 0 Å². The van der Waals surface area contributed by atoms with Crippen LogP contribution in [-0.2, 0) is 0 Å². The fraction of sp³-hybridized carbons (Fsp3) is 0.316. The van der Waals surface area contributed by atoms with Gasteiger partial charge in [0.25, 0.3) is 0 Å². The Kier molecular flexibility index (Phi) is 3.75. The normalized spacial score (nSPS) is 17.2. The number of piperazine rings is 1. The molecular formula is C19H21N3O. The zero-order valence-electron chi connectivity index (χ0n) is 13.4. The second-order valence-corrected chi connectivity index (χ2v) is 5.94. The molecule has 0 unspecified atom stereocenters. The first-order valence-corrected chi connectivity index (χ1v) is 8.26. The Morgan fingerprint density at radius 3 is 2.57 bits per heavy atom. The van der Waals surface area contributed by atoms with Gasteiger partial charge >= 0.3 is 0 Å². The SMILES string of the molecule is CCN1CCN(c2cccc3c2C=Nc2ccccc2O3)CC1. The minimum Gasteiger partial charge on any atom is -0.454 e. The molecule has 2 heterocycles. The molecule has 1 saturated heterocycles. The van der Waals surface area contributed by atoms with Crippen molar-refractivity contribution in [3.05, 3.63) is 48.0 Å². The van der Waals surface area contributed by atoms with Crippen LogP contribution >= 0.6 is 0 Å². The summed E-state index contributed by atoms with van der Waals surface area (Å²) < 4.78 is 6.11. The van der Waals surface area contributed by atoms with Crippen molar-refractivity contribution in [2.75, 3.05) is 37.6 Å². The Balaban J connectivity index is 1.68. The molecule has 0 atom stereocenters. The van der Waals surface area contributed by atoms with Crippen molar-refractivity contribution < 1.29 is 4.74 Å². The van der Waals surface area contributed by atoms with Crippen LogP contribution in [0.4, 0.5) is 11.4 Å². The standard InChI is InChI=1S/C19H21N3O/c1-2-21-10-12-22(13-11-21)17-7-5-9-18-15(17)14-20-16-6-3-4-8-19(16)23-18/h3-9,14H,2,10-13H2,1H3. The Morgan fingerprint density at radius 1 is 0.957 bits per heavy atom. The van der Waals surface area contributed by atoms with E-state index in [1.54, 1.807) is 0 Å². The quantitative estimate of drug-likeness (QED) is 0.723. The minimum atomic E-state index is 0.815. The number of hydrogen-bond donors (Lipinski definition) is 0. The van der Waals surface area contributed by atoms with E-state index >= 15 is 0 Å². The first-order chi connectivity index (χ1) is 11.3. The molecule has 0 aromatic heterocycles. The zero-order chi connectivity index (χ0) is 15.6. The number of para-hydroxylation sites is 2. The highest BCUT2D eigenvalue weighted by Crippen LogP contribution is 2.38. The van der Waals surface area contributed by atoms with Crippen LogP contribution in [0.5, 0.6) is 11.5 Å². The van der Waals surface area contributed by atoms with Gasteiger partial charge in [-0.15, -0.1) is 0 Å². The predicted molar refractivity (Wildman–Crippen MR) is 94.5 cm³/mol. The molecular weight excluding hydrogens is 286 g/mol. The molecule has 0 spiro atoms. The van der Waals surface area contributed by atoms with Gasteiger partial charge in [0, 0.05) is 38.1 Å². The summed E-state index contributed by atoms with van der Waals surface area (Å²) in [6.07, 6.45) is 1.95. The lowest BCUT2D eigenvalue weighted by Gasteiger charge is -2.36. The number of ether oxygens (including phenoxy) is 1. The van der Waals surface area contributed by atoms with E-state index in [2.05, 4.69) is 33.8 Å². The molecule has 2 aliphatic rings. The molecule has 0 amide bonds. The van der Waals surface area contributed by atoms with Crippen molar-refractivity contribution in [3.63, 3.8) is 0 Å². The fourth-order valence-electron chi connectivity index (χ4n) is 3.23. The van der Waals surface area contributed by atoms with Crippen LogP contribution in [0.3, 0.4) is 0 Å². The predicted octanol–water partition coefficient (Wildman–Crippen LogP) is 3.68. The molecule has 0 aliphatic carbocycles. The summed E-state index contributed by atoms with van der Waals surface area (Å²) in [5, 5.41) is 0. The summed E-state index contributed by atoms with van der Waals surface area (Å²) in [7, 11) is 0. The van der Waals surface area contributed by atoms with Crippen LogP contribution in [0.25, 0.3) is 0 Å². The first-order valence-electron chi connectivity index (χ1n) is 8.26. The average Bonchev–Trinajstić information content (AvgIpc) is 2.81. The number of rotatable bonds is 2. The molecule has 0 saturated carbocycles. The molecule has 4 nitrogen and oxygen atoms in total. The van der Waals surface area contributed by atoms with Gasteiger partial charge in [-0.05, 0) is 30.8 Å². The van der Waals surface area contributed by atoms with Crippen LogP contribution in [0, 0.1) is 0 Å². The highest BCUT2D eigenvalue weighted by atomic mass is 16.5. The van der Waals surface area contributed by atoms with Crippen molar-refractivity contribution >= 4 is 17.6 Å². The maximum absolute atomic E-state index is 6.11. The van der Waals surface area contributed by atoms with Crippen LogP contribution in [0.2, 0.25) is 0 Å². The third kappa shape index (κ3) is 2.70. The summed E-state index contributed by atoms with van der Waals surface area (Å²) in [6, 6.07) is 14.2. The maximum atomic E-state index is 6.11. The third-order valence-corrected chi connectivity index (χ3v) is 4.62. The molecule has 2 aromatic carbocycles. The van der Waals surface area contributed by atoms with E-state index in [4.69, 9.17) is 4.74 Å². The number of aliphatic imine (C=N–C) groups is 1. The molecule has 118 valence electrons. The second-order valence-electron chi connectivity index (χ2n) is 5.94. The Hall–Kier alpha value is -2.33. The van der Waals surface area contributed by atoms with Crippen molar-refractivity contribution in [2.24, 2.45) is 4.99 Å². The lowest BCUT2D eigenvalue weighted by molar-refractivity contribution is 0.271. The smallest absolute Gasteiger partial charge is 0.153 e. The van der Waals surface area contributed by atoms with Gasteiger partial charge in [0.2, 0.25) is 0 Å². The molecule has 1 fully saturated rings. The highest BCUT2D eigenvalue weighted by Gasteiger charge is 2.21. The Bertz CT molecular complexity index is 733. The van der Waals surface area contributed by atoms with Gasteiger partial charge in [-0.3, -0.25) is 4.99 Å². The van der Waals surface area contributed by atoms with E-state index in [1.165, 1.54) is 5.69 Å². The van der Waals surface area contributed by atoms with Gasteiger partial charge in [-0.25, -0.2) is 0 Å². The van der Waals surface area contributed by atoms with E-state index < -0.39 is 0 Å². The molecule has 0 N–H and O–H groups in total. The van der Waals surface area contributed by atoms with Gasteiger partial charge in [0.05, 0.1) is 5.56 Å². The van der Waals surface area contributed by atoms with Gasteiger partial charge in [0.15, 0.2) is 5.75 Å². The number of likely N-dealkylation sites (N-methyl/N-ethyl adjacent to an activating group) is 1. The summed E-state index contributed by atoms with van der Waals surface area (Å²) in [6.45, 7) is 7.66. The third-order valence-electron chi connectivity index (χ3n) is 4.62. The number of anilines is 1. The summed E-state index contributed by atoms with van der Waals surface area (Å²) >= 11 is 0. The van der Waals surface area contributed by atoms with E-state index in [1.807, 2.05) is 36.5 Å². The molecule has 2 aromatic rings. The molecule has 2 aliphatic heterocycles. The summed E-state index contributed by atoms with van der Waals surface area (Å²) in [4.78, 5) is 9.55. The van der Waals surface area contributed by atoms with Gasteiger partial charge < -0.3 is 14.5 Å². The monoisotopic (exact) mass is 307 g/mol. The largest absolute Gasteiger partial charge is 0.454 e. The molecule has 0 radical (unpaired) electrons. The molecule has 4 heteroatoms. The lowest BCUT2D eigenvalue weighted by atomic mass is 10.1. The van der Waals surface area contributed by atoms with E-state index in [0.717, 1.165) is 55.5 Å². The molecule has 0 bridgehead atoms. The van der Waals surface area contributed by atoms with Crippen molar-refractivity contribution in [3.8, 4) is 11.5 Å². The number of benzene rings is 2. The van der Waals surface area contributed by atoms with Crippen molar-refractivity contribution in [1.29, 1.82) is 0 Å². The number of hydrogen-bond acceptors (Lipinski definition) is 4. The molecule has 4 rings (SSSR count). The van der Waals surface area contributed by atoms with Crippen LogP contribution in [0.1, 0.15) is 12.5 Å². The highest BCUT2D eigenvalue weighted by molar-refractivity contribution is 5.94. The van der Waals surface area contributed by atoms with E-state index in [9.17, 15) is 0 Å². The van der Waals surface area contributed by atoms with Gasteiger partial charge in [-0.1, -0.05) is 25.1 Å². The van der Waals surface area contributed by atoms with Crippen molar-refractivity contribution in [1.82, 2.24) is 4.90 Å². The second kappa shape index (κ2) is 6.05. The Labute approximate surface area is 137 Å². The summed E-state index contributed by atoms with van der Waals surface area (Å²) in [5.74, 6) is 1.70. The lowest BCUT2D eigenvalue weighted by Crippen LogP contribution is -2.46. The fourth-order valence-corrected chi connectivity index (χ4v) is 3.23. The van der Waals surface area contributed by atoms with E-state index in [0.29, 0.717) is 0 Å². The topological polar surface area (TPSA) is 28.1 Å². The summed E-state index contributed by atoms with van der Waals surface area (Å²) in [5.41, 5.74) is 3.17. The first kappa shape index (κ1) is 14.3. The number of nitrogens with zero attached hydrogens (tertiary/aromatic N) is 3. The van der Waals surface area contributed by atoms with Crippen LogP contribution in [-0.4, -0.2) is 43.8 Å². The van der Waals surface area contributed by atoms with Crippen molar-refractivity contribution in [2.45, 2.75) is 6.92 Å². The van der Waals surface area contributed by atoms with Gasteiger partial charge in [0.1, 0.15) is 11.4 Å². The molecule has 23 heavy (non-hydrogen) atoms. The Morgan fingerprint density at radius 2 is 1.74 bits per heavy atom. The maximum Gasteiger partial charge on any atom is 0.153 e.